The summed E-state index contributed by atoms with van der Waals surface area (Å²) in [5.74, 6) is -0.319. The third-order valence-corrected chi connectivity index (χ3v) is 5.09. The smallest absolute Gasteiger partial charge is 0.407 e. The molecule has 0 spiro atoms. The van der Waals surface area contributed by atoms with E-state index in [9.17, 15) is 9.59 Å². The Morgan fingerprint density at radius 3 is 2.56 bits per heavy atom. The van der Waals surface area contributed by atoms with Gasteiger partial charge in [-0.2, -0.15) is 5.10 Å². The number of amides is 2. The van der Waals surface area contributed by atoms with Gasteiger partial charge in [-0.15, -0.1) is 0 Å². The first-order chi connectivity index (χ1) is 15.6. The van der Waals surface area contributed by atoms with Gasteiger partial charge in [-0.3, -0.25) is 4.79 Å². The molecule has 1 atom stereocenters. The average Bonchev–Trinajstić information content (AvgIpc) is 3.17. The zero-order chi connectivity index (χ0) is 22.3. The van der Waals surface area contributed by atoms with Crippen LogP contribution in [0.15, 0.2) is 77.9 Å². The Balaban J connectivity index is 1.43. The zero-order valence-electron chi connectivity index (χ0n) is 17.7. The molecule has 4 aromatic rings. The summed E-state index contributed by atoms with van der Waals surface area (Å²) >= 11 is 0. The number of aromatic amines is 1. The summed E-state index contributed by atoms with van der Waals surface area (Å²) in [6.45, 7) is 1.98. The van der Waals surface area contributed by atoms with Crippen LogP contribution in [-0.2, 0) is 9.53 Å². The summed E-state index contributed by atoms with van der Waals surface area (Å²) in [5, 5.41) is 9.06. The molecule has 162 valence electrons. The Morgan fingerprint density at radius 2 is 1.75 bits per heavy atom. The Kier molecular flexibility index (Phi) is 6.46. The molecule has 2 amide bonds. The quantitative estimate of drug-likeness (QED) is 0.295. The molecule has 3 N–H and O–H groups in total. The van der Waals surface area contributed by atoms with Crippen molar-refractivity contribution in [1.82, 2.24) is 15.7 Å². The first kappa shape index (κ1) is 21.1. The number of hydrogen-bond acceptors (Lipinski definition) is 4. The van der Waals surface area contributed by atoms with Gasteiger partial charge < -0.3 is 15.0 Å². The Morgan fingerprint density at radius 1 is 1.00 bits per heavy atom. The molecule has 0 saturated heterocycles. The minimum atomic E-state index is -0.565. The van der Waals surface area contributed by atoms with Crippen molar-refractivity contribution in [3.63, 3.8) is 0 Å². The van der Waals surface area contributed by atoms with Crippen LogP contribution in [0.5, 0.6) is 0 Å². The molecular weight excluding hydrogens is 404 g/mol. The Bertz CT molecular complexity index is 1260. The number of H-pyrrole nitrogens is 1. The van der Waals surface area contributed by atoms with Gasteiger partial charge in [0, 0.05) is 21.8 Å². The predicted octanol–water partition coefficient (Wildman–Crippen LogP) is 4.65. The van der Waals surface area contributed by atoms with Crippen LogP contribution in [-0.4, -0.2) is 29.8 Å². The number of aromatic nitrogens is 1. The summed E-state index contributed by atoms with van der Waals surface area (Å²) in [6, 6.07) is 22.8. The average molecular weight is 428 g/mol. The molecule has 0 aliphatic heterocycles. The van der Waals surface area contributed by atoms with E-state index >= 15 is 0 Å². The van der Waals surface area contributed by atoms with Gasteiger partial charge >= 0.3 is 6.09 Å². The molecule has 0 aliphatic rings. The van der Waals surface area contributed by atoms with Crippen molar-refractivity contribution in [3.8, 4) is 0 Å². The highest BCUT2D eigenvalue weighted by Gasteiger charge is 2.18. The molecule has 1 aromatic heterocycles. The molecule has 3 aromatic carbocycles. The highest BCUT2D eigenvalue weighted by molar-refractivity contribution is 6.08. The summed E-state index contributed by atoms with van der Waals surface area (Å²) in [7, 11) is 0. The minimum Gasteiger partial charge on any atom is -0.450 e. The predicted molar refractivity (Wildman–Crippen MR) is 125 cm³/mol. The molecule has 1 heterocycles. The van der Waals surface area contributed by atoms with Gasteiger partial charge in [0.15, 0.2) is 0 Å². The van der Waals surface area contributed by atoms with E-state index in [1.54, 1.807) is 13.1 Å². The van der Waals surface area contributed by atoms with Crippen LogP contribution < -0.4 is 10.7 Å². The number of hydrazone groups is 1. The maximum atomic E-state index is 12.5. The van der Waals surface area contributed by atoms with E-state index in [-0.39, 0.29) is 18.9 Å². The largest absolute Gasteiger partial charge is 0.450 e. The topological polar surface area (TPSA) is 95.6 Å². The molecule has 4 rings (SSSR count). The minimum absolute atomic E-state index is 0.0294. The van der Waals surface area contributed by atoms with Crippen LogP contribution >= 0.6 is 0 Å². The normalized spacial score (nSPS) is 12.2. The van der Waals surface area contributed by atoms with Crippen LogP contribution in [0.3, 0.4) is 0 Å². The lowest BCUT2D eigenvalue weighted by molar-refractivity contribution is -0.121. The molecule has 7 nitrogen and oxygen atoms in total. The van der Waals surface area contributed by atoms with Gasteiger partial charge in [0.05, 0.1) is 25.3 Å². The zero-order valence-corrected chi connectivity index (χ0v) is 17.7. The summed E-state index contributed by atoms with van der Waals surface area (Å²) in [5.41, 5.74) is 6.34. The number of nitrogens with one attached hydrogen (secondary N) is 3. The maximum absolute atomic E-state index is 12.5. The van der Waals surface area contributed by atoms with Gasteiger partial charge in [0.2, 0.25) is 5.91 Å². The van der Waals surface area contributed by atoms with Crippen LogP contribution in [0.4, 0.5) is 4.79 Å². The highest BCUT2D eigenvalue weighted by Crippen LogP contribution is 2.25. The number of rotatable bonds is 7. The van der Waals surface area contributed by atoms with Crippen molar-refractivity contribution in [1.29, 1.82) is 0 Å². The fraction of sp³-hybridized carbons (Fsp3) is 0.160. The third-order valence-electron chi connectivity index (χ3n) is 5.09. The van der Waals surface area contributed by atoms with E-state index in [1.165, 1.54) is 0 Å². The number of nitrogens with zero attached hydrogens (tertiary/aromatic N) is 1. The van der Waals surface area contributed by atoms with E-state index in [1.807, 2.05) is 66.7 Å². The van der Waals surface area contributed by atoms with E-state index in [2.05, 4.69) is 26.9 Å². The fourth-order valence-corrected chi connectivity index (χ4v) is 3.61. The number of fused-ring (bicyclic) bond motifs is 3. The monoisotopic (exact) mass is 428 g/mol. The van der Waals surface area contributed by atoms with E-state index in [0.717, 1.165) is 32.9 Å². The number of carbonyl (C=O) groups excluding carboxylic acids is 2. The van der Waals surface area contributed by atoms with Gasteiger partial charge in [-0.05, 0) is 36.2 Å². The first-order valence-corrected chi connectivity index (χ1v) is 10.4. The standard InChI is InChI=1S/C25H24N4O3/c1-2-32-25(31)28-23(18-8-4-3-5-9-18)15-24(30)29-26-16-17-12-13-22-20(14-17)19-10-6-7-11-21(19)27-22/h3-14,16,23,27H,2,15H2,1H3,(H,28,31)(H,29,30)/b26-16-/t23-/m1/s1. The second-order valence-corrected chi connectivity index (χ2v) is 7.30. The molecule has 32 heavy (non-hydrogen) atoms. The van der Waals surface area contributed by atoms with Crippen LogP contribution in [0.25, 0.3) is 21.8 Å². The number of hydrogen-bond donors (Lipinski definition) is 3. The van der Waals surface area contributed by atoms with Crippen LogP contribution in [0.2, 0.25) is 0 Å². The third kappa shape index (κ3) is 4.95. The maximum Gasteiger partial charge on any atom is 0.407 e. The van der Waals surface area contributed by atoms with Crippen molar-refractivity contribution < 1.29 is 14.3 Å². The van der Waals surface area contributed by atoms with Crippen LogP contribution in [0.1, 0.15) is 30.5 Å². The van der Waals surface area contributed by atoms with Crippen molar-refractivity contribution in [2.75, 3.05) is 6.61 Å². The Labute approximate surface area is 185 Å². The lowest BCUT2D eigenvalue weighted by Gasteiger charge is -2.18. The summed E-state index contributed by atoms with van der Waals surface area (Å²) in [4.78, 5) is 27.8. The van der Waals surface area contributed by atoms with Crippen molar-refractivity contribution >= 4 is 40.0 Å². The van der Waals surface area contributed by atoms with Crippen molar-refractivity contribution in [3.05, 3.63) is 83.9 Å². The lowest BCUT2D eigenvalue weighted by Crippen LogP contribution is -2.33. The van der Waals surface area contributed by atoms with Crippen LogP contribution in [0, 0.1) is 0 Å². The molecule has 0 unspecified atom stereocenters. The van der Waals surface area contributed by atoms with Gasteiger partial charge in [-0.1, -0.05) is 54.6 Å². The van der Waals surface area contributed by atoms with Gasteiger partial charge in [0.1, 0.15) is 0 Å². The van der Waals surface area contributed by atoms with Gasteiger partial charge in [0.25, 0.3) is 0 Å². The van der Waals surface area contributed by atoms with Crippen molar-refractivity contribution in [2.24, 2.45) is 5.10 Å². The van der Waals surface area contributed by atoms with E-state index in [4.69, 9.17) is 4.74 Å². The number of alkyl carbamates (subject to hydrolysis) is 1. The molecule has 0 aliphatic carbocycles. The summed E-state index contributed by atoms with van der Waals surface area (Å²) < 4.78 is 4.96. The lowest BCUT2D eigenvalue weighted by atomic mass is 10.0. The number of benzene rings is 3. The molecular formula is C25H24N4O3. The fourth-order valence-electron chi connectivity index (χ4n) is 3.61. The Hall–Kier alpha value is -4.13. The molecule has 0 saturated carbocycles. The van der Waals surface area contributed by atoms with Gasteiger partial charge in [-0.25, -0.2) is 10.2 Å². The molecule has 0 fully saturated rings. The number of ether oxygens (including phenoxy) is 1. The highest BCUT2D eigenvalue weighted by atomic mass is 16.5. The van der Waals surface area contributed by atoms with Crippen molar-refractivity contribution in [2.45, 2.75) is 19.4 Å². The second kappa shape index (κ2) is 9.78. The summed E-state index contributed by atoms with van der Waals surface area (Å²) in [6.07, 6.45) is 1.07. The number of carbonyl (C=O) groups is 2. The SMILES string of the molecule is CCOC(=O)N[C@H](CC(=O)N/N=C\c1ccc2[nH]c3ccccc3c2c1)c1ccccc1. The first-order valence-electron chi connectivity index (χ1n) is 10.4. The molecule has 0 bridgehead atoms. The van der Waals surface area contributed by atoms with E-state index in [0.29, 0.717) is 0 Å². The molecule has 7 heteroatoms. The van der Waals surface area contributed by atoms with E-state index < -0.39 is 12.1 Å². The number of para-hydroxylation sites is 1. The second-order valence-electron chi connectivity index (χ2n) is 7.30. The molecule has 0 radical (unpaired) electrons.